The molecule has 0 aromatic carbocycles. The average Bonchev–Trinajstić information content (AvgIpc) is 2.01. The van der Waals surface area contributed by atoms with Crippen molar-refractivity contribution < 1.29 is 0 Å². The van der Waals surface area contributed by atoms with Gasteiger partial charge in [-0.1, -0.05) is 18.7 Å². The van der Waals surface area contributed by atoms with Gasteiger partial charge < -0.3 is 0 Å². The molecule has 0 saturated heterocycles. The zero-order chi connectivity index (χ0) is 8.53. The van der Waals surface area contributed by atoms with Crippen LogP contribution in [0.1, 0.15) is 19.8 Å². The molecule has 0 rings (SSSR count). The lowest BCUT2D eigenvalue weighted by molar-refractivity contribution is 1.09. The Morgan fingerprint density at radius 3 is 2.73 bits per heavy atom. The number of aliphatic imine (C=N–C) groups is 1. The van der Waals surface area contributed by atoms with E-state index in [1.165, 1.54) is 0 Å². The van der Waals surface area contributed by atoms with Gasteiger partial charge in [0, 0.05) is 11.9 Å². The number of rotatable bonds is 5. The van der Waals surface area contributed by atoms with Gasteiger partial charge in [0.1, 0.15) is 0 Å². The lowest BCUT2D eigenvalue weighted by Gasteiger charge is -1.92. The summed E-state index contributed by atoms with van der Waals surface area (Å²) in [5, 5.41) is 0. The van der Waals surface area contributed by atoms with E-state index in [1.807, 2.05) is 19.1 Å². The maximum atomic E-state index is 4.17. The molecular weight excluding hydrogens is 134 g/mol. The fourth-order valence-corrected chi connectivity index (χ4v) is 0.607. The standard InChI is InChI=1S/C10H15N/c1-4-6-8-10(3)11-9-7-5-2/h4-5,7,9H,1-2,6,8H2,3H3/b9-7-,11-10?. The van der Waals surface area contributed by atoms with E-state index >= 15 is 0 Å². The quantitative estimate of drug-likeness (QED) is 0.323. The molecule has 0 radical (unpaired) electrons. The van der Waals surface area contributed by atoms with E-state index < -0.39 is 0 Å². The normalized spacial score (nSPS) is 11.9. The summed E-state index contributed by atoms with van der Waals surface area (Å²) in [6.45, 7) is 9.20. The minimum Gasteiger partial charge on any atom is -0.266 e. The molecule has 1 heteroatoms. The molecule has 0 aliphatic heterocycles. The molecule has 11 heavy (non-hydrogen) atoms. The van der Waals surface area contributed by atoms with Crippen LogP contribution in [0.4, 0.5) is 0 Å². The summed E-state index contributed by atoms with van der Waals surface area (Å²) in [7, 11) is 0. The highest BCUT2D eigenvalue weighted by molar-refractivity contribution is 5.82. The molecule has 0 amide bonds. The lowest BCUT2D eigenvalue weighted by Crippen LogP contribution is -1.87. The van der Waals surface area contributed by atoms with E-state index in [9.17, 15) is 0 Å². The first-order valence-corrected chi connectivity index (χ1v) is 3.73. The van der Waals surface area contributed by atoms with Crippen LogP contribution in [0.25, 0.3) is 0 Å². The Morgan fingerprint density at radius 1 is 1.45 bits per heavy atom. The third-order valence-electron chi connectivity index (χ3n) is 1.23. The van der Waals surface area contributed by atoms with Crippen LogP contribution < -0.4 is 0 Å². The Hall–Kier alpha value is -1.11. The molecule has 0 fully saturated rings. The van der Waals surface area contributed by atoms with E-state index in [0.717, 1.165) is 18.6 Å². The molecule has 0 saturated carbocycles. The van der Waals surface area contributed by atoms with Gasteiger partial charge >= 0.3 is 0 Å². The Morgan fingerprint density at radius 2 is 2.18 bits per heavy atom. The Bertz CT molecular complexity index is 175. The maximum absolute atomic E-state index is 4.17. The van der Waals surface area contributed by atoms with Gasteiger partial charge in [-0.3, -0.25) is 4.99 Å². The first-order valence-electron chi connectivity index (χ1n) is 3.73. The Kier molecular flexibility index (Phi) is 6.30. The fraction of sp³-hybridized carbons (Fsp3) is 0.300. The largest absolute Gasteiger partial charge is 0.266 e. The third kappa shape index (κ3) is 6.78. The van der Waals surface area contributed by atoms with Crippen molar-refractivity contribution in [2.24, 2.45) is 4.99 Å². The predicted octanol–water partition coefficient (Wildman–Crippen LogP) is 3.11. The summed E-state index contributed by atoms with van der Waals surface area (Å²) in [5.74, 6) is 0. The van der Waals surface area contributed by atoms with Crippen molar-refractivity contribution in [1.29, 1.82) is 0 Å². The van der Waals surface area contributed by atoms with Crippen LogP contribution in [0, 0.1) is 0 Å². The van der Waals surface area contributed by atoms with Gasteiger partial charge in [-0.15, -0.1) is 6.58 Å². The van der Waals surface area contributed by atoms with Crippen molar-refractivity contribution in [1.82, 2.24) is 0 Å². The zero-order valence-electron chi connectivity index (χ0n) is 7.09. The van der Waals surface area contributed by atoms with Crippen LogP contribution >= 0.6 is 0 Å². The Balaban J connectivity index is 3.70. The summed E-state index contributed by atoms with van der Waals surface area (Å²) < 4.78 is 0. The van der Waals surface area contributed by atoms with Crippen LogP contribution in [-0.4, -0.2) is 5.71 Å². The van der Waals surface area contributed by atoms with Crippen LogP contribution in [0.2, 0.25) is 0 Å². The molecule has 0 aromatic rings. The summed E-state index contributed by atoms with van der Waals surface area (Å²) in [6.07, 6.45) is 9.17. The number of nitrogens with zero attached hydrogens (tertiary/aromatic N) is 1. The van der Waals surface area contributed by atoms with Crippen LogP contribution in [-0.2, 0) is 0 Å². The highest BCUT2D eigenvalue weighted by Gasteiger charge is 1.85. The fourth-order valence-electron chi connectivity index (χ4n) is 0.607. The predicted molar refractivity (Wildman–Crippen MR) is 51.9 cm³/mol. The summed E-state index contributed by atoms with van der Waals surface area (Å²) >= 11 is 0. The highest BCUT2D eigenvalue weighted by Crippen LogP contribution is 1.93. The summed E-state index contributed by atoms with van der Waals surface area (Å²) in [4.78, 5) is 4.17. The SMILES string of the molecule is C=C/C=C\N=C(C)CCC=C. The molecule has 1 nitrogen and oxygen atoms in total. The van der Waals surface area contributed by atoms with Crippen LogP contribution in [0.15, 0.2) is 42.6 Å². The maximum Gasteiger partial charge on any atom is 0.0266 e. The topological polar surface area (TPSA) is 12.4 Å². The van der Waals surface area contributed by atoms with Crippen LogP contribution in [0.3, 0.4) is 0 Å². The van der Waals surface area contributed by atoms with Gasteiger partial charge in [0.25, 0.3) is 0 Å². The first-order chi connectivity index (χ1) is 5.31. The van der Waals surface area contributed by atoms with Crippen molar-refractivity contribution in [2.45, 2.75) is 19.8 Å². The van der Waals surface area contributed by atoms with Crippen molar-refractivity contribution in [3.05, 3.63) is 37.6 Å². The third-order valence-corrected chi connectivity index (χ3v) is 1.23. The Labute approximate surface area is 68.9 Å². The van der Waals surface area contributed by atoms with Gasteiger partial charge in [-0.2, -0.15) is 0 Å². The van der Waals surface area contributed by atoms with E-state index in [2.05, 4.69) is 18.2 Å². The van der Waals surface area contributed by atoms with E-state index in [4.69, 9.17) is 0 Å². The van der Waals surface area contributed by atoms with Gasteiger partial charge in [-0.25, -0.2) is 0 Å². The van der Waals surface area contributed by atoms with E-state index in [-0.39, 0.29) is 0 Å². The zero-order valence-corrected chi connectivity index (χ0v) is 7.09. The number of hydrogen-bond acceptors (Lipinski definition) is 1. The van der Waals surface area contributed by atoms with E-state index in [0.29, 0.717) is 0 Å². The molecular formula is C10H15N. The second-order valence-electron chi connectivity index (χ2n) is 2.27. The monoisotopic (exact) mass is 149 g/mol. The lowest BCUT2D eigenvalue weighted by atomic mass is 10.2. The second-order valence-corrected chi connectivity index (χ2v) is 2.27. The molecule has 0 aliphatic rings. The van der Waals surface area contributed by atoms with Crippen molar-refractivity contribution in [2.75, 3.05) is 0 Å². The summed E-state index contributed by atoms with van der Waals surface area (Å²) in [5.41, 5.74) is 1.13. The molecule has 0 spiro atoms. The van der Waals surface area contributed by atoms with Crippen molar-refractivity contribution in [3.63, 3.8) is 0 Å². The van der Waals surface area contributed by atoms with Gasteiger partial charge in [0.2, 0.25) is 0 Å². The molecule has 0 aromatic heterocycles. The highest BCUT2D eigenvalue weighted by atomic mass is 14.7. The molecule has 0 unspecified atom stereocenters. The number of hydrogen-bond donors (Lipinski definition) is 0. The molecule has 0 heterocycles. The first kappa shape index (κ1) is 9.89. The molecule has 0 bridgehead atoms. The summed E-state index contributed by atoms with van der Waals surface area (Å²) in [6, 6.07) is 0. The minimum absolute atomic E-state index is 0.991. The van der Waals surface area contributed by atoms with Crippen molar-refractivity contribution in [3.8, 4) is 0 Å². The smallest absolute Gasteiger partial charge is 0.0266 e. The minimum atomic E-state index is 0.991. The van der Waals surface area contributed by atoms with Gasteiger partial charge in [-0.05, 0) is 25.8 Å². The average molecular weight is 149 g/mol. The van der Waals surface area contributed by atoms with Crippen LogP contribution in [0.5, 0.6) is 0 Å². The van der Waals surface area contributed by atoms with Gasteiger partial charge in [0.05, 0.1) is 0 Å². The molecule has 0 aliphatic carbocycles. The molecule has 60 valence electrons. The molecule has 0 atom stereocenters. The second kappa shape index (κ2) is 7.00. The number of allylic oxidation sites excluding steroid dienone is 3. The van der Waals surface area contributed by atoms with E-state index in [1.54, 1.807) is 12.3 Å². The van der Waals surface area contributed by atoms with Gasteiger partial charge in [0.15, 0.2) is 0 Å². The van der Waals surface area contributed by atoms with Crippen molar-refractivity contribution >= 4 is 5.71 Å². The molecule has 0 N–H and O–H groups in total.